The molecule has 1 fully saturated rings. The molecular formula is C13H24N2O3. The van der Waals surface area contributed by atoms with Crippen LogP contribution in [0.2, 0.25) is 0 Å². The maximum Gasteiger partial charge on any atom is 0.315 e. The Labute approximate surface area is 108 Å². The van der Waals surface area contributed by atoms with Crippen molar-refractivity contribution in [3.8, 4) is 0 Å². The third-order valence-electron chi connectivity index (χ3n) is 4.01. The van der Waals surface area contributed by atoms with Gasteiger partial charge in [0.25, 0.3) is 0 Å². The summed E-state index contributed by atoms with van der Waals surface area (Å²) >= 11 is 0. The number of carboxylic acids is 1. The van der Waals surface area contributed by atoms with Crippen molar-refractivity contribution in [2.75, 3.05) is 0 Å². The summed E-state index contributed by atoms with van der Waals surface area (Å²) in [6.45, 7) is 6.13. The fraction of sp³-hybridized carbons (Fsp3) is 0.846. The van der Waals surface area contributed by atoms with Crippen LogP contribution in [0.1, 0.15) is 46.5 Å². The van der Waals surface area contributed by atoms with Crippen molar-refractivity contribution in [2.24, 2.45) is 11.8 Å². The number of carbonyl (C=O) groups excluding carboxylic acids is 1. The standard InChI is InChI=1S/C13H24N2O3/c1-4-8(2)9(3)14-13(18)15-11-7-5-6-10(11)12(16)17/h8-11H,4-7H2,1-3H3,(H,16,17)(H2,14,15,18). The van der Waals surface area contributed by atoms with Crippen LogP contribution in [0.5, 0.6) is 0 Å². The number of rotatable bonds is 5. The van der Waals surface area contributed by atoms with Crippen LogP contribution in [0.4, 0.5) is 4.79 Å². The lowest BCUT2D eigenvalue weighted by molar-refractivity contribution is -0.142. The summed E-state index contributed by atoms with van der Waals surface area (Å²) in [7, 11) is 0. The van der Waals surface area contributed by atoms with Crippen molar-refractivity contribution in [3.05, 3.63) is 0 Å². The number of urea groups is 1. The molecule has 1 rings (SSSR count). The van der Waals surface area contributed by atoms with Gasteiger partial charge in [-0.2, -0.15) is 0 Å². The van der Waals surface area contributed by atoms with Crippen LogP contribution in [0.3, 0.4) is 0 Å². The molecular weight excluding hydrogens is 232 g/mol. The SMILES string of the molecule is CCC(C)C(C)NC(=O)NC1CCCC1C(=O)O. The molecule has 0 spiro atoms. The van der Waals surface area contributed by atoms with E-state index in [1.807, 2.05) is 6.92 Å². The summed E-state index contributed by atoms with van der Waals surface area (Å²) in [5.74, 6) is -0.836. The number of carbonyl (C=O) groups is 2. The molecule has 0 aromatic carbocycles. The maximum absolute atomic E-state index is 11.8. The van der Waals surface area contributed by atoms with E-state index in [1.54, 1.807) is 0 Å². The molecule has 0 radical (unpaired) electrons. The predicted octanol–water partition coefficient (Wildman–Crippen LogP) is 1.97. The summed E-state index contributed by atoms with van der Waals surface area (Å²) < 4.78 is 0. The largest absolute Gasteiger partial charge is 0.481 e. The van der Waals surface area contributed by atoms with Crippen molar-refractivity contribution in [1.29, 1.82) is 0 Å². The van der Waals surface area contributed by atoms with E-state index in [0.717, 1.165) is 19.3 Å². The first kappa shape index (κ1) is 14.8. The summed E-state index contributed by atoms with van der Waals surface area (Å²) in [6.07, 6.45) is 3.27. The van der Waals surface area contributed by atoms with Crippen LogP contribution in [0.25, 0.3) is 0 Å². The highest BCUT2D eigenvalue weighted by Crippen LogP contribution is 2.25. The molecule has 0 aromatic heterocycles. The van der Waals surface area contributed by atoms with E-state index in [-0.39, 0.29) is 18.1 Å². The van der Waals surface area contributed by atoms with Crippen molar-refractivity contribution >= 4 is 12.0 Å². The molecule has 0 aliphatic heterocycles. The van der Waals surface area contributed by atoms with Crippen LogP contribution in [0, 0.1) is 11.8 Å². The number of hydrogen-bond donors (Lipinski definition) is 3. The molecule has 5 nitrogen and oxygen atoms in total. The van der Waals surface area contributed by atoms with Gasteiger partial charge < -0.3 is 15.7 Å². The first-order valence-electron chi connectivity index (χ1n) is 6.75. The second-order valence-electron chi connectivity index (χ2n) is 5.27. The van der Waals surface area contributed by atoms with Crippen LogP contribution < -0.4 is 10.6 Å². The van der Waals surface area contributed by atoms with Crippen molar-refractivity contribution in [2.45, 2.75) is 58.5 Å². The van der Waals surface area contributed by atoms with E-state index in [0.29, 0.717) is 12.3 Å². The van der Waals surface area contributed by atoms with Gasteiger partial charge in [-0.3, -0.25) is 4.79 Å². The van der Waals surface area contributed by atoms with Crippen molar-refractivity contribution in [3.63, 3.8) is 0 Å². The molecule has 0 saturated heterocycles. The van der Waals surface area contributed by atoms with Crippen LogP contribution in [-0.4, -0.2) is 29.2 Å². The van der Waals surface area contributed by atoms with E-state index in [4.69, 9.17) is 5.11 Å². The highest BCUT2D eigenvalue weighted by Gasteiger charge is 2.34. The molecule has 0 bridgehead atoms. The van der Waals surface area contributed by atoms with Gasteiger partial charge in [0.1, 0.15) is 0 Å². The molecule has 4 unspecified atom stereocenters. The zero-order valence-electron chi connectivity index (χ0n) is 11.4. The maximum atomic E-state index is 11.8. The number of hydrogen-bond acceptors (Lipinski definition) is 2. The molecule has 1 aliphatic carbocycles. The van der Waals surface area contributed by atoms with Crippen molar-refractivity contribution < 1.29 is 14.7 Å². The van der Waals surface area contributed by atoms with Gasteiger partial charge in [0.05, 0.1) is 5.92 Å². The number of carboxylic acid groups (broad SMARTS) is 1. The average molecular weight is 256 g/mol. The van der Waals surface area contributed by atoms with E-state index in [1.165, 1.54) is 0 Å². The van der Waals surface area contributed by atoms with E-state index < -0.39 is 11.9 Å². The zero-order valence-corrected chi connectivity index (χ0v) is 11.4. The number of nitrogens with one attached hydrogen (secondary N) is 2. The van der Waals surface area contributed by atoms with Crippen molar-refractivity contribution in [1.82, 2.24) is 10.6 Å². The molecule has 4 atom stereocenters. The summed E-state index contributed by atoms with van der Waals surface area (Å²) in [5.41, 5.74) is 0. The van der Waals surface area contributed by atoms with Gasteiger partial charge in [0, 0.05) is 12.1 Å². The Morgan fingerprint density at radius 3 is 2.56 bits per heavy atom. The topological polar surface area (TPSA) is 78.4 Å². The lowest BCUT2D eigenvalue weighted by atomic mass is 10.0. The molecule has 2 amide bonds. The highest BCUT2D eigenvalue weighted by molar-refractivity contribution is 5.77. The molecule has 0 aromatic rings. The van der Waals surface area contributed by atoms with E-state index in [9.17, 15) is 9.59 Å². The van der Waals surface area contributed by atoms with Gasteiger partial charge in [-0.25, -0.2) is 4.79 Å². The minimum Gasteiger partial charge on any atom is -0.481 e. The predicted molar refractivity (Wildman–Crippen MR) is 69.3 cm³/mol. The lowest BCUT2D eigenvalue weighted by Crippen LogP contribution is -2.49. The summed E-state index contributed by atoms with van der Waals surface area (Å²) in [6, 6.07) is -0.382. The first-order valence-corrected chi connectivity index (χ1v) is 6.75. The fourth-order valence-electron chi connectivity index (χ4n) is 2.34. The van der Waals surface area contributed by atoms with E-state index >= 15 is 0 Å². The number of amides is 2. The Balaban J connectivity index is 2.42. The first-order chi connectivity index (χ1) is 8.45. The molecule has 18 heavy (non-hydrogen) atoms. The second-order valence-corrected chi connectivity index (χ2v) is 5.27. The van der Waals surface area contributed by atoms with Gasteiger partial charge in [-0.05, 0) is 25.7 Å². The lowest BCUT2D eigenvalue weighted by Gasteiger charge is -2.23. The second kappa shape index (κ2) is 6.61. The third-order valence-corrected chi connectivity index (χ3v) is 4.01. The van der Waals surface area contributed by atoms with Crippen LogP contribution >= 0.6 is 0 Å². The summed E-state index contributed by atoms with van der Waals surface area (Å²) in [4.78, 5) is 22.8. The van der Waals surface area contributed by atoms with E-state index in [2.05, 4.69) is 24.5 Å². The Morgan fingerprint density at radius 2 is 2.00 bits per heavy atom. The quantitative estimate of drug-likeness (QED) is 0.703. The normalized spacial score (nSPS) is 26.4. The zero-order chi connectivity index (χ0) is 13.7. The molecule has 1 saturated carbocycles. The van der Waals surface area contributed by atoms with Gasteiger partial charge in [-0.15, -0.1) is 0 Å². The van der Waals surface area contributed by atoms with Crippen LogP contribution in [-0.2, 0) is 4.79 Å². The number of aliphatic carboxylic acids is 1. The molecule has 104 valence electrons. The van der Waals surface area contributed by atoms with Gasteiger partial charge in [0.15, 0.2) is 0 Å². The van der Waals surface area contributed by atoms with Gasteiger partial charge >= 0.3 is 12.0 Å². The fourth-order valence-corrected chi connectivity index (χ4v) is 2.34. The molecule has 3 N–H and O–H groups in total. The Kier molecular flexibility index (Phi) is 5.44. The third kappa shape index (κ3) is 3.89. The van der Waals surface area contributed by atoms with Crippen LogP contribution in [0.15, 0.2) is 0 Å². The van der Waals surface area contributed by atoms with Gasteiger partial charge in [0.2, 0.25) is 0 Å². The highest BCUT2D eigenvalue weighted by atomic mass is 16.4. The summed E-state index contributed by atoms with van der Waals surface area (Å²) in [5, 5.41) is 14.7. The molecule has 1 aliphatic rings. The Morgan fingerprint density at radius 1 is 1.33 bits per heavy atom. The molecule has 0 heterocycles. The molecule has 5 heteroatoms. The smallest absolute Gasteiger partial charge is 0.315 e. The monoisotopic (exact) mass is 256 g/mol. The Hall–Kier alpha value is -1.26. The minimum absolute atomic E-state index is 0.0969. The van der Waals surface area contributed by atoms with Gasteiger partial charge in [-0.1, -0.05) is 26.7 Å². The average Bonchev–Trinajstić information content (AvgIpc) is 2.75. The Bertz CT molecular complexity index is 307. The minimum atomic E-state index is -0.812.